The van der Waals surface area contributed by atoms with Crippen molar-refractivity contribution in [1.82, 2.24) is 0 Å². The van der Waals surface area contributed by atoms with Crippen LogP contribution in [0.1, 0.15) is 439 Å². The van der Waals surface area contributed by atoms with Gasteiger partial charge in [0.05, 0.1) is 10.8 Å². The molecule has 0 fully saturated rings. The summed E-state index contributed by atoms with van der Waals surface area (Å²) < 4.78 is 76.7. The Morgan fingerprint density at radius 3 is 0.828 bits per heavy atom. The Morgan fingerprint density at radius 1 is 0.216 bits per heavy atom. The molecule has 6 heteroatoms. The summed E-state index contributed by atoms with van der Waals surface area (Å²) in [7, 11) is 0. The van der Waals surface area contributed by atoms with Crippen molar-refractivity contribution in [2.45, 2.75) is 427 Å². The molecule has 0 atom stereocenters. The third kappa shape index (κ3) is 44.5. The maximum atomic E-state index is 12.9. The molecule has 10 aromatic rings. The first kappa shape index (κ1) is 124. The summed E-state index contributed by atoms with van der Waals surface area (Å²) >= 11 is 0. The van der Waals surface area contributed by atoms with Gasteiger partial charge >= 0.3 is 12.4 Å². The number of hydrogen-bond acceptors (Lipinski definition) is 0. The van der Waals surface area contributed by atoms with Gasteiger partial charge in [0.25, 0.3) is 0 Å². The quantitative estimate of drug-likeness (QED) is 0.0898. The van der Waals surface area contributed by atoms with Crippen LogP contribution in [0.2, 0.25) is 0 Å². The largest absolute Gasteiger partial charge is 0.394 e. The van der Waals surface area contributed by atoms with Gasteiger partial charge in [-0.15, -0.1) is 0 Å². The first-order chi connectivity index (χ1) is 61.1. The minimum absolute atomic E-state index is 0.0243. The van der Waals surface area contributed by atoms with Crippen molar-refractivity contribution in [3.05, 3.63) is 350 Å². The fourth-order valence-electron chi connectivity index (χ4n) is 16.4. The number of hydrogen-bond donors (Lipinski definition) is 0. The molecule has 0 spiro atoms. The van der Waals surface area contributed by atoms with Crippen molar-refractivity contribution >= 4 is 0 Å². The van der Waals surface area contributed by atoms with Crippen LogP contribution >= 0.6 is 0 Å². The van der Waals surface area contributed by atoms with Gasteiger partial charge in [-0.1, -0.05) is 441 Å². The van der Waals surface area contributed by atoms with E-state index in [0.29, 0.717) is 52.8 Å². The van der Waals surface area contributed by atoms with E-state index in [-0.39, 0.29) is 29.1 Å². The van der Waals surface area contributed by atoms with Gasteiger partial charge in [-0.2, -0.15) is 26.3 Å². The van der Waals surface area contributed by atoms with Crippen LogP contribution in [0, 0.1) is 112 Å². The van der Waals surface area contributed by atoms with E-state index in [4.69, 9.17) is 0 Å². The van der Waals surface area contributed by atoms with Gasteiger partial charge in [-0.05, 0) is 335 Å². The highest BCUT2D eigenvalue weighted by molar-refractivity contribution is 5.42. The summed E-state index contributed by atoms with van der Waals surface area (Å²) in [5, 5.41) is 0. The normalized spacial score (nSPS) is 11.9. The van der Waals surface area contributed by atoms with Gasteiger partial charge < -0.3 is 0 Å². The Labute approximate surface area is 820 Å². The molecular weight excluding hydrogens is 1650 g/mol. The summed E-state index contributed by atoms with van der Waals surface area (Å²) in [6.07, 6.45) is -5.93. The van der Waals surface area contributed by atoms with Crippen LogP contribution < -0.4 is 0 Å². The van der Waals surface area contributed by atoms with Gasteiger partial charge in [0, 0.05) is 0 Å². The molecule has 10 aromatic carbocycles. The molecule has 0 heterocycles. The summed E-state index contributed by atoms with van der Waals surface area (Å²) in [6, 6.07) is 69.0. The second-order valence-electron chi connectivity index (χ2n) is 47.0. The molecule has 10 rings (SSSR count). The Balaban J connectivity index is 0.000000747. The average molecular weight is 1840 g/mol. The lowest BCUT2D eigenvalue weighted by Crippen LogP contribution is -2.34. The Hall–Kier alpha value is -8.22. The highest BCUT2D eigenvalue weighted by Gasteiger charge is 2.48. The lowest BCUT2D eigenvalue weighted by molar-refractivity contribution is -0.211. The topological polar surface area (TPSA) is 0 Å². The minimum Gasteiger partial charge on any atom is -0.171 e. The monoisotopic (exact) mass is 1840 g/mol. The van der Waals surface area contributed by atoms with Crippen LogP contribution in [0.15, 0.2) is 194 Å². The molecule has 0 nitrogen and oxygen atoms in total. The Morgan fingerprint density at radius 2 is 0.507 bits per heavy atom. The second-order valence-corrected chi connectivity index (χ2v) is 47.0. The molecule has 0 aliphatic heterocycles. The number of halogens is 6. The molecule has 0 unspecified atom stereocenters. The molecule has 0 aromatic heterocycles. The molecule has 0 aliphatic rings. The predicted molar refractivity (Wildman–Crippen MR) is 584 cm³/mol. The maximum Gasteiger partial charge on any atom is 0.394 e. The van der Waals surface area contributed by atoms with Crippen molar-refractivity contribution < 1.29 is 26.3 Å². The van der Waals surface area contributed by atoms with Crippen molar-refractivity contribution in [2.75, 3.05) is 0 Å². The summed E-state index contributed by atoms with van der Waals surface area (Å²) in [5.41, 5.74) is 35.4. The highest BCUT2D eigenvalue weighted by atomic mass is 19.4. The smallest absolute Gasteiger partial charge is 0.171 e. The van der Waals surface area contributed by atoms with E-state index < -0.39 is 23.2 Å². The van der Waals surface area contributed by atoms with Gasteiger partial charge in [0.1, 0.15) is 0 Å². The lowest BCUT2D eigenvalue weighted by Gasteiger charge is -2.28. The van der Waals surface area contributed by atoms with Crippen molar-refractivity contribution in [1.29, 1.82) is 0 Å². The van der Waals surface area contributed by atoms with E-state index in [1.807, 2.05) is 45.0 Å². The third-order valence-corrected chi connectivity index (χ3v) is 25.1. The summed E-state index contributed by atoms with van der Waals surface area (Å²) in [6.45, 7) is 100.0. The number of rotatable bonds is 15. The fourth-order valence-corrected chi connectivity index (χ4v) is 16.4. The van der Waals surface area contributed by atoms with Crippen LogP contribution in [-0.4, -0.2) is 12.4 Å². The molecule has 0 radical (unpaired) electrons. The third-order valence-electron chi connectivity index (χ3n) is 25.1. The second kappa shape index (κ2) is 54.8. The number of aryl methyl sites for hydroxylation is 13. The van der Waals surface area contributed by atoms with Crippen LogP contribution in [-0.2, 0) is 41.9 Å². The summed E-state index contributed by atoms with van der Waals surface area (Å²) in [4.78, 5) is 0. The SMILES string of the molecule is Cc1ccc(C(C)(C)C)cc1C(C)C.Cc1ccc(C(C)C)cc1C(C)C.Cc1ccc(C)c(C(C)(C)C)c1.Cc1ccc(C)c(C(C)C)c1.Cc1ccc(CC(C)(C)C(F)(F)F)cc1C.Cc1ccc(CC(C)(C)C(F)(F)F)cc1C(C)C.Cc1ccc(CC(C)(C)C)cc1C(C)C.Cc1ccc(CC(C)C)cc1C(C)C.Cc1ccccc1C(C)(C)C.Cc1ccccc1C(C)C. The maximum absolute atomic E-state index is 12.9. The van der Waals surface area contributed by atoms with E-state index in [1.54, 1.807) is 12.1 Å². The fraction of sp³-hybridized carbons (Fsp3) is 0.531. The van der Waals surface area contributed by atoms with E-state index >= 15 is 0 Å². The predicted octanol–water partition coefficient (Wildman–Crippen LogP) is 40.8. The molecule has 0 amide bonds. The minimum atomic E-state index is -4.17. The molecule has 0 N–H and O–H groups in total. The van der Waals surface area contributed by atoms with E-state index in [1.165, 1.54) is 157 Å². The highest BCUT2D eigenvalue weighted by Crippen LogP contribution is 2.43. The van der Waals surface area contributed by atoms with Crippen LogP contribution in [0.3, 0.4) is 0 Å². The lowest BCUT2D eigenvalue weighted by atomic mass is 9.83. The van der Waals surface area contributed by atoms with Gasteiger partial charge in [0.2, 0.25) is 0 Å². The standard InChI is InChI=1S/C15H21F3.C15H24.2C14H22.C13H17F3.C13H20.C12H18.2C11H16.C10H14/c1-10(2)13-8-12(7-6-11(13)3)9-14(4,5)15(16,17)18;1-11(2)14-9-13(8-7-12(14)3)10-15(4,5)6;1-10(2)13-9-12(14(4,5)6)8-7-11(13)3;1-10(2)8-13-7-6-12(5)14(9-13)11(3)4;1-9-5-6-11(7-10(9)2)8-12(3,4)13(14,15)16;1-9(2)12-7-6-11(5)13(8-12)10(3)4;1-9-6-7-10(2)11(8-9)12(3,4)5;1-8(2)11-7-9(3)5-6-10(11)4;1-9-7-5-6-8-10(9)11(2,3)4;1-8(2)10-7-5-4-6-9(10)3/h6-8,10H,9H2,1-5H3;7-9,11H,10H2,1-6H3;7-10H,1-6H3;6-7,9-11H,8H2,1-5H3;5-7H,8H2,1-4H3;6-10H,1-5H3;6-8H,1-5H3;2*5-8H,1-4H3;4-8H,1-3H3. The zero-order valence-electron chi connectivity index (χ0n) is 93.8. The van der Waals surface area contributed by atoms with E-state index in [0.717, 1.165) is 45.7 Å². The summed E-state index contributed by atoms with van der Waals surface area (Å²) in [5.74, 6) is 5.55. The van der Waals surface area contributed by atoms with Crippen LogP contribution in [0.25, 0.3) is 0 Å². The zero-order valence-corrected chi connectivity index (χ0v) is 93.8. The number of benzene rings is 10. The van der Waals surface area contributed by atoms with Gasteiger partial charge in [-0.3, -0.25) is 0 Å². The zero-order chi connectivity index (χ0) is 104. The van der Waals surface area contributed by atoms with E-state index in [2.05, 4.69) is 435 Å². The van der Waals surface area contributed by atoms with Crippen LogP contribution in [0.5, 0.6) is 0 Å². The van der Waals surface area contributed by atoms with Gasteiger partial charge in [0.15, 0.2) is 0 Å². The van der Waals surface area contributed by atoms with Crippen molar-refractivity contribution in [3.63, 3.8) is 0 Å². The average Bonchev–Trinajstić information content (AvgIpc) is 0.815. The first-order valence-electron chi connectivity index (χ1n) is 50.0. The molecule has 134 heavy (non-hydrogen) atoms. The van der Waals surface area contributed by atoms with E-state index in [9.17, 15) is 26.3 Å². The Bertz CT molecular complexity index is 5110. The molecule has 0 aliphatic carbocycles. The van der Waals surface area contributed by atoms with Crippen molar-refractivity contribution in [2.24, 2.45) is 22.2 Å². The molecule has 0 bridgehead atoms. The Kier molecular flexibility index (Phi) is 50.6. The number of alkyl halides is 6. The molecule has 744 valence electrons. The van der Waals surface area contributed by atoms with Gasteiger partial charge in [-0.25, -0.2) is 0 Å². The molecular formula is C128H190F6. The van der Waals surface area contributed by atoms with Crippen molar-refractivity contribution in [3.8, 4) is 0 Å². The molecule has 0 saturated carbocycles. The first-order valence-corrected chi connectivity index (χ1v) is 50.0. The van der Waals surface area contributed by atoms with Crippen LogP contribution in [0.4, 0.5) is 26.3 Å². The molecule has 0 saturated heterocycles.